The summed E-state index contributed by atoms with van der Waals surface area (Å²) in [5, 5.41) is 4.29. The Morgan fingerprint density at radius 3 is 2.52 bits per heavy atom. The van der Waals surface area contributed by atoms with Crippen molar-refractivity contribution in [1.82, 2.24) is 15.1 Å². The van der Waals surface area contributed by atoms with E-state index in [1.807, 2.05) is 30.1 Å². The van der Waals surface area contributed by atoms with Crippen molar-refractivity contribution in [3.05, 3.63) is 34.9 Å². The van der Waals surface area contributed by atoms with Crippen LogP contribution in [-0.2, 0) is 16.0 Å². The van der Waals surface area contributed by atoms with Crippen LogP contribution >= 0.6 is 35.6 Å². The first-order valence-electron chi connectivity index (χ1n) is 10.2. The Morgan fingerprint density at radius 1 is 1.17 bits per heavy atom. The molecule has 0 unspecified atom stereocenters. The summed E-state index contributed by atoms with van der Waals surface area (Å²) in [5.74, 6) is 1.36. The summed E-state index contributed by atoms with van der Waals surface area (Å²) in [6.07, 6.45) is 3.71. The van der Waals surface area contributed by atoms with Crippen molar-refractivity contribution in [3.63, 3.8) is 0 Å². The summed E-state index contributed by atoms with van der Waals surface area (Å²) in [6.45, 7) is 5.37. The van der Waals surface area contributed by atoms with Gasteiger partial charge in [-0.1, -0.05) is 29.8 Å². The van der Waals surface area contributed by atoms with Gasteiger partial charge in [0.15, 0.2) is 5.96 Å². The number of benzene rings is 1. The minimum Gasteiger partial charge on any atom is -0.378 e. The topological polar surface area (TPSA) is 57.2 Å². The van der Waals surface area contributed by atoms with E-state index in [9.17, 15) is 4.79 Å². The van der Waals surface area contributed by atoms with Crippen molar-refractivity contribution >= 4 is 47.4 Å². The molecule has 8 heteroatoms. The lowest BCUT2D eigenvalue weighted by molar-refractivity contribution is -0.140. The minimum absolute atomic E-state index is 0. The molecule has 2 fully saturated rings. The number of guanidine groups is 1. The second kappa shape index (κ2) is 12.6. The number of amides is 1. The number of carbonyl (C=O) groups is 1. The molecule has 0 spiro atoms. The highest BCUT2D eigenvalue weighted by atomic mass is 127. The van der Waals surface area contributed by atoms with Gasteiger partial charge in [-0.05, 0) is 37.3 Å². The first-order chi connectivity index (χ1) is 13.7. The molecular formula is C21H32ClIN4O2. The molecule has 1 amide bonds. The molecule has 3 rings (SSSR count). The first kappa shape index (κ1) is 24.2. The summed E-state index contributed by atoms with van der Waals surface area (Å²) in [6, 6.07) is 7.99. The smallest absolute Gasteiger partial charge is 0.225 e. The van der Waals surface area contributed by atoms with E-state index in [0.29, 0.717) is 19.1 Å². The van der Waals surface area contributed by atoms with E-state index in [0.717, 1.165) is 69.4 Å². The number of ether oxygens (including phenoxy) is 1. The number of carbonyl (C=O) groups excluding carboxylic acids is 1. The lowest BCUT2D eigenvalue weighted by Crippen LogP contribution is -2.50. The number of likely N-dealkylation sites (tertiary alicyclic amines) is 1. The molecule has 0 aliphatic carbocycles. The van der Waals surface area contributed by atoms with Crippen molar-refractivity contribution in [2.24, 2.45) is 10.9 Å². The molecule has 2 aliphatic rings. The van der Waals surface area contributed by atoms with Gasteiger partial charge in [0.2, 0.25) is 5.91 Å². The van der Waals surface area contributed by atoms with Crippen molar-refractivity contribution in [3.8, 4) is 0 Å². The molecule has 1 N–H and O–H groups in total. The van der Waals surface area contributed by atoms with Crippen LogP contribution in [0.25, 0.3) is 0 Å². The third-order valence-corrected chi connectivity index (χ3v) is 5.91. The van der Waals surface area contributed by atoms with Gasteiger partial charge in [0.1, 0.15) is 0 Å². The highest BCUT2D eigenvalue weighted by Gasteiger charge is 2.30. The first-order valence-corrected chi connectivity index (χ1v) is 10.6. The lowest BCUT2D eigenvalue weighted by Gasteiger charge is -2.36. The van der Waals surface area contributed by atoms with Crippen LogP contribution in [0.3, 0.4) is 0 Å². The van der Waals surface area contributed by atoms with Crippen molar-refractivity contribution in [2.75, 3.05) is 53.0 Å². The van der Waals surface area contributed by atoms with Crippen LogP contribution in [0.4, 0.5) is 0 Å². The number of nitrogens with one attached hydrogen (secondary N) is 1. The molecule has 0 aromatic heterocycles. The molecule has 6 nitrogen and oxygen atoms in total. The number of rotatable bonds is 5. The predicted molar refractivity (Wildman–Crippen MR) is 128 cm³/mol. The molecular weight excluding hydrogens is 503 g/mol. The number of halogens is 2. The van der Waals surface area contributed by atoms with E-state index in [-0.39, 0.29) is 29.9 Å². The van der Waals surface area contributed by atoms with E-state index in [4.69, 9.17) is 16.3 Å². The van der Waals surface area contributed by atoms with E-state index < -0.39 is 0 Å². The summed E-state index contributed by atoms with van der Waals surface area (Å²) in [7, 11) is 1.82. The number of nitrogens with zero attached hydrogens (tertiary/aromatic N) is 3. The Morgan fingerprint density at radius 2 is 1.86 bits per heavy atom. The number of morpholine rings is 1. The number of hydrogen-bond acceptors (Lipinski definition) is 3. The second-order valence-corrected chi connectivity index (χ2v) is 7.78. The molecule has 2 heterocycles. The largest absolute Gasteiger partial charge is 0.378 e. The summed E-state index contributed by atoms with van der Waals surface area (Å²) in [5.41, 5.74) is 1.18. The van der Waals surface area contributed by atoms with Gasteiger partial charge in [-0.15, -0.1) is 24.0 Å². The van der Waals surface area contributed by atoms with Crippen LogP contribution in [0.2, 0.25) is 5.02 Å². The third kappa shape index (κ3) is 7.00. The Bertz CT molecular complexity index is 674. The molecule has 1 aromatic rings. The highest BCUT2D eigenvalue weighted by molar-refractivity contribution is 14.0. The van der Waals surface area contributed by atoms with Gasteiger partial charge in [-0.2, -0.15) is 0 Å². The Hall–Kier alpha value is -1.06. The van der Waals surface area contributed by atoms with Crippen LogP contribution in [0, 0.1) is 5.92 Å². The maximum atomic E-state index is 12.7. The standard InChI is InChI=1S/C21H31ClN4O2.HI/c1-23-21(24-10-4-6-17-5-2-3-7-19(17)22)26-11-8-18(9-12-26)20(27)25-13-15-28-16-14-25;/h2-3,5,7,18H,4,6,8-16H2,1H3,(H,23,24);1H. The molecule has 29 heavy (non-hydrogen) atoms. The van der Waals surface area contributed by atoms with Gasteiger partial charge in [0, 0.05) is 50.7 Å². The maximum absolute atomic E-state index is 12.7. The molecule has 0 saturated carbocycles. The van der Waals surface area contributed by atoms with Crippen molar-refractivity contribution in [2.45, 2.75) is 25.7 Å². The summed E-state index contributed by atoms with van der Waals surface area (Å²) >= 11 is 6.22. The van der Waals surface area contributed by atoms with Crippen molar-refractivity contribution in [1.29, 1.82) is 0 Å². The fourth-order valence-electron chi connectivity index (χ4n) is 3.89. The highest BCUT2D eigenvalue weighted by Crippen LogP contribution is 2.20. The molecule has 162 valence electrons. The molecule has 2 aliphatic heterocycles. The molecule has 0 radical (unpaired) electrons. The number of aliphatic imine (C=N–C) groups is 1. The molecule has 0 atom stereocenters. The third-order valence-electron chi connectivity index (χ3n) is 5.54. The molecule has 2 saturated heterocycles. The van der Waals surface area contributed by atoms with Crippen molar-refractivity contribution < 1.29 is 9.53 Å². The maximum Gasteiger partial charge on any atom is 0.225 e. The Kier molecular flexibility index (Phi) is 10.5. The summed E-state index contributed by atoms with van der Waals surface area (Å²) < 4.78 is 5.35. The Labute approximate surface area is 196 Å². The quantitative estimate of drug-likeness (QED) is 0.273. The van der Waals surface area contributed by atoms with Gasteiger partial charge in [-0.3, -0.25) is 9.79 Å². The van der Waals surface area contributed by atoms with Crippen LogP contribution in [0.15, 0.2) is 29.3 Å². The van der Waals surface area contributed by atoms with Crippen LogP contribution in [0.5, 0.6) is 0 Å². The SMILES string of the molecule is CN=C(NCCCc1ccccc1Cl)N1CCC(C(=O)N2CCOCC2)CC1.I. The normalized spacial score (nSPS) is 18.3. The zero-order valence-electron chi connectivity index (χ0n) is 17.1. The van der Waals surface area contributed by atoms with E-state index >= 15 is 0 Å². The monoisotopic (exact) mass is 534 g/mol. The number of hydrogen-bond donors (Lipinski definition) is 1. The summed E-state index contributed by atoms with van der Waals surface area (Å²) in [4.78, 5) is 21.3. The zero-order valence-corrected chi connectivity index (χ0v) is 20.2. The molecule has 0 bridgehead atoms. The molecule has 1 aromatic carbocycles. The van der Waals surface area contributed by atoms with Crippen LogP contribution in [-0.4, -0.2) is 74.7 Å². The fraction of sp³-hybridized carbons (Fsp3) is 0.619. The predicted octanol–water partition coefficient (Wildman–Crippen LogP) is 3.04. The Balaban J connectivity index is 0.00000300. The van der Waals surface area contributed by atoms with E-state index in [1.165, 1.54) is 5.56 Å². The number of aryl methyl sites for hydroxylation is 1. The van der Waals surface area contributed by atoms with Crippen LogP contribution in [0.1, 0.15) is 24.8 Å². The van der Waals surface area contributed by atoms with E-state index in [2.05, 4.69) is 21.3 Å². The van der Waals surface area contributed by atoms with E-state index in [1.54, 1.807) is 0 Å². The van der Waals surface area contributed by atoms with Gasteiger partial charge in [0.05, 0.1) is 13.2 Å². The second-order valence-electron chi connectivity index (χ2n) is 7.37. The van der Waals surface area contributed by atoms with Gasteiger partial charge in [-0.25, -0.2) is 0 Å². The van der Waals surface area contributed by atoms with Gasteiger partial charge >= 0.3 is 0 Å². The van der Waals surface area contributed by atoms with Gasteiger partial charge < -0.3 is 19.9 Å². The average Bonchev–Trinajstić information content (AvgIpc) is 2.75. The van der Waals surface area contributed by atoms with Gasteiger partial charge in [0.25, 0.3) is 0 Å². The number of piperidine rings is 1. The lowest BCUT2D eigenvalue weighted by atomic mass is 9.95. The van der Waals surface area contributed by atoms with Crippen LogP contribution < -0.4 is 5.32 Å². The average molecular weight is 535 g/mol. The fourth-order valence-corrected chi connectivity index (χ4v) is 4.12. The zero-order chi connectivity index (χ0) is 19.8. The minimum atomic E-state index is 0.